The van der Waals surface area contributed by atoms with Crippen LogP contribution >= 0.6 is 0 Å². The van der Waals surface area contributed by atoms with E-state index in [4.69, 9.17) is 16.9 Å². The summed E-state index contributed by atoms with van der Waals surface area (Å²) >= 11 is 0. The van der Waals surface area contributed by atoms with E-state index in [1.807, 2.05) is 31.2 Å². The maximum Gasteiger partial charge on any atom is 0.243 e. The van der Waals surface area contributed by atoms with E-state index >= 15 is 0 Å². The van der Waals surface area contributed by atoms with Gasteiger partial charge in [0, 0.05) is 74.2 Å². The summed E-state index contributed by atoms with van der Waals surface area (Å²) in [6.45, 7) is 4.43. The molecule has 0 bridgehead atoms. The Morgan fingerprint density at radius 2 is 1.26 bits per heavy atom. The second kappa shape index (κ2) is 38.7. The summed E-state index contributed by atoms with van der Waals surface area (Å²) in [5.74, 6) is -6.53. The summed E-state index contributed by atoms with van der Waals surface area (Å²) in [4.78, 5) is 138. The van der Waals surface area contributed by atoms with Crippen molar-refractivity contribution in [2.45, 2.75) is 217 Å². The number of guanidine groups is 1. The number of aromatic amines is 2. The number of nitrogens with zero attached hydrogens (tertiary/aromatic N) is 1. The summed E-state index contributed by atoms with van der Waals surface area (Å²) in [5, 5.41) is 33.6. The number of para-hydroxylation sites is 1. The van der Waals surface area contributed by atoms with Gasteiger partial charge in [-0.05, 0) is 68.6 Å². The van der Waals surface area contributed by atoms with Crippen LogP contribution in [0.15, 0.2) is 73.3 Å². The molecule has 2 aromatic heterocycles. The number of carbonyl (C=O) groups is 9. The highest BCUT2D eigenvalue weighted by molar-refractivity contribution is 5.98. The maximum absolute atomic E-state index is 14.9. The number of fused-ring (bicyclic) bond motifs is 1. The van der Waals surface area contributed by atoms with Crippen molar-refractivity contribution in [2.75, 3.05) is 13.1 Å². The molecule has 1 saturated heterocycles. The molecule has 0 unspecified atom stereocenters. The van der Waals surface area contributed by atoms with E-state index in [1.165, 1.54) is 51.0 Å². The molecule has 4 aromatic rings. The van der Waals surface area contributed by atoms with E-state index < -0.39 is 89.6 Å². The summed E-state index contributed by atoms with van der Waals surface area (Å²) < 4.78 is 0. The van der Waals surface area contributed by atoms with Crippen molar-refractivity contribution in [3.05, 3.63) is 90.1 Å². The predicted octanol–water partition coefficient (Wildman–Crippen LogP) is 4.03. The number of hydrogen-bond acceptors (Lipinski definition) is 11. The van der Waals surface area contributed by atoms with Crippen LogP contribution in [0.1, 0.15) is 172 Å². The predicted molar refractivity (Wildman–Crippen MR) is 333 cm³/mol. The molecule has 24 heteroatoms. The van der Waals surface area contributed by atoms with E-state index in [-0.39, 0.29) is 89.2 Å². The van der Waals surface area contributed by atoms with Crippen molar-refractivity contribution in [1.82, 2.24) is 62.8 Å². The fraction of sp³-hybridized carbons (Fsp3) is 0.571. The zero-order chi connectivity index (χ0) is 62.8. The molecular weight excluding hydrogens is 1110 g/mol. The molecule has 0 aliphatic carbocycles. The highest BCUT2D eigenvalue weighted by Crippen LogP contribution is 2.20. The molecule has 9 amide bonds. The number of amides is 9. The van der Waals surface area contributed by atoms with Crippen LogP contribution in [0, 0.1) is 5.41 Å². The minimum atomic E-state index is -1.42. The molecule has 1 aliphatic heterocycles. The van der Waals surface area contributed by atoms with E-state index in [0.717, 1.165) is 36.6 Å². The van der Waals surface area contributed by atoms with Gasteiger partial charge in [0.15, 0.2) is 5.96 Å². The highest BCUT2D eigenvalue weighted by atomic mass is 16.2. The third-order valence-electron chi connectivity index (χ3n) is 15.6. The van der Waals surface area contributed by atoms with Gasteiger partial charge in [-0.1, -0.05) is 139 Å². The number of H-pyrrole nitrogens is 2. The Morgan fingerprint density at radius 3 is 1.93 bits per heavy atom. The Balaban J connectivity index is 1.44. The first-order valence-electron chi connectivity index (χ1n) is 31.4. The highest BCUT2D eigenvalue weighted by Gasteiger charge is 2.35. The van der Waals surface area contributed by atoms with Crippen LogP contribution in [-0.2, 0) is 62.4 Å². The molecule has 0 spiro atoms. The smallest absolute Gasteiger partial charge is 0.243 e. The van der Waals surface area contributed by atoms with E-state index in [0.29, 0.717) is 48.9 Å². The summed E-state index contributed by atoms with van der Waals surface area (Å²) in [6, 6.07) is 7.07. The molecule has 16 N–H and O–H groups in total. The van der Waals surface area contributed by atoms with Crippen molar-refractivity contribution in [1.29, 1.82) is 5.41 Å². The van der Waals surface area contributed by atoms with Crippen molar-refractivity contribution >= 4 is 70.0 Å². The van der Waals surface area contributed by atoms with Gasteiger partial charge in [-0.2, -0.15) is 0 Å². The number of unbranched alkanes of at least 4 members (excludes halogenated alkanes) is 11. The third kappa shape index (κ3) is 25.7. The van der Waals surface area contributed by atoms with E-state index in [1.54, 1.807) is 36.5 Å². The first-order valence-corrected chi connectivity index (χ1v) is 31.4. The van der Waals surface area contributed by atoms with Crippen LogP contribution in [0.5, 0.6) is 0 Å². The Bertz CT molecular complexity index is 2810. The number of primary amides is 1. The van der Waals surface area contributed by atoms with Crippen LogP contribution in [0.2, 0.25) is 0 Å². The molecule has 1 fully saturated rings. The normalized spacial score (nSPS) is 20.1. The Hall–Kier alpha value is -8.31. The topological polar surface area (TPSA) is 382 Å². The zero-order valence-corrected chi connectivity index (χ0v) is 50.8. The average Bonchev–Trinajstić information content (AvgIpc) is 3.43. The van der Waals surface area contributed by atoms with Gasteiger partial charge in [-0.3, -0.25) is 48.6 Å². The molecule has 87 heavy (non-hydrogen) atoms. The third-order valence-corrected chi connectivity index (χ3v) is 15.6. The summed E-state index contributed by atoms with van der Waals surface area (Å²) in [5.41, 5.74) is 13.9. The largest absolute Gasteiger partial charge is 0.370 e. The van der Waals surface area contributed by atoms with Crippen molar-refractivity contribution < 1.29 is 43.2 Å². The Labute approximate surface area is 510 Å². The molecule has 0 saturated carbocycles. The number of rotatable bonds is 29. The number of hydrogen-bond donors (Lipinski definition) is 14. The van der Waals surface area contributed by atoms with Gasteiger partial charge < -0.3 is 69.3 Å². The quantitative estimate of drug-likeness (QED) is 0.0208. The molecule has 2 aromatic carbocycles. The number of benzene rings is 2. The Kier molecular flexibility index (Phi) is 30.9. The number of nitrogens with one attached hydrogen (secondary N) is 12. The minimum Gasteiger partial charge on any atom is -0.370 e. The van der Waals surface area contributed by atoms with Gasteiger partial charge in [-0.25, -0.2) is 4.98 Å². The summed E-state index contributed by atoms with van der Waals surface area (Å²) in [7, 11) is 0. The van der Waals surface area contributed by atoms with Crippen LogP contribution in [-0.4, -0.2) is 129 Å². The van der Waals surface area contributed by atoms with Gasteiger partial charge in [0.25, 0.3) is 0 Å². The van der Waals surface area contributed by atoms with Crippen molar-refractivity contribution in [2.24, 2.45) is 11.5 Å². The Morgan fingerprint density at radius 1 is 0.655 bits per heavy atom. The molecule has 476 valence electrons. The molecule has 3 heterocycles. The number of aromatic nitrogens is 3. The first kappa shape index (κ1) is 69.5. The molecule has 1 aliphatic rings. The molecular formula is C63H95N15O9. The van der Waals surface area contributed by atoms with Gasteiger partial charge >= 0.3 is 0 Å². The van der Waals surface area contributed by atoms with Crippen LogP contribution in [0.4, 0.5) is 0 Å². The second-order valence-corrected chi connectivity index (χ2v) is 22.7. The monoisotopic (exact) mass is 1210 g/mol. The van der Waals surface area contributed by atoms with Gasteiger partial charge in [0.2, 0.25) is 53.2 Å². The summed E-state index contributed by atoms with van der Waals surface area (Å²) in [6.07, 6.45) is 18.7. The lowest BCUT2D eigenvalue weighted by atomic mass is 10.0. The lowest BCUT2D eigenvalue weighted by Crippen LogP contribution is -2.61. The molecule has 24 nitrogen and oxygen atoms in total. The fourth-order valence-electron chi connectivity index (χ4n) is 10.6. The van der Waals surface area contributed by atoms with Crippen LogP contribution < -0.4 is 59.3 Å². The number of imidazole rings is 1. The van der Waals surface area contributed by atoms with Gasteiger partial charge in [0.05, 0.1) is 6.33 Å². The lowest BCUT2D eigenvalue weighted by molar-refractivity contribution is -0.136. The first-order chi connectivity index (χ1) is 42.0. The number of nitrogens with two attached hydrogens (primary N) is 2. The van der Waals surface area contributed by atoms with E-state index in [2.05, 4.69) is 69.7 Å². The second-order valence-electron chi connectivity index (χ2n) is 22.7. The van der Waals surface area contributed by atoms with E-state index in [9.17, 15) is 43.2 Å². The number of carbonyl (C=O) groups excluding carboxylic acids is 9. The zero-order valence-electron chi connectivity index (χ0n) is 50.8. The van der Waals surface area contributed by atoms with Gasteiger partial charge in [-0.15, -0.1) is 0 Å². The van der Waals surface area contributed by atoms with Gasteiger partial charge in [0.1, 0.15) is 42.3 Å². The average molecular weight is 1210 g/mol. The standard InChI is InChI=1S/C63H95N15O9/c1-3-5-7-8-9-10-11-12-13-14-18-31-55(80)72-48(27-6-4-2)57(82)75-50-32-33-54(79)68-34-22-21-29-47(56(64)81)73-61(86)52(37-43-39-70-46-28-20-19-26-45(43)46)77-58(83)49(30-23-35-69-63(65)66)74-60(85)51(36-42-24-16-15-17-25-42)76-62(87)53(78-59(50)84)38-44-40-67-41-71-44/h15-17,19-20,24-26,28,39-41,47-53,70H,3-14,18,21-23,27,29-38H2,1-2H3,(H2,64,81)(H,67,71)(H,68,79)(H,72,80)(H,73,86)(H,74,85)(H,75,82)(H,76,87)(H,77,83)(H,78,84)(H4,65,66,69)/t47-,48-,49-,50-,51+,52-,53-/m0/s1. The molecule has 7 atom stereocenters. The van der Waals surface area contributed by atoms with Crippen LogP contribution in [0.25, 0.3) is 10.9 Å². The van der Waals surface area contributed by atoms with Crippen molar-refractivity contribution in [3.8, 4) is 0 Å². The molecule has 0 radical (unpaired) electrons. The molecule has 5 rings (SSSR count). The van der Waals surface area contributed by atoms with Crippen LogP contribution in [0.3, 0.4) is 0 Å². The lowest BCUT2D eigenvalue weighted by Gasteiger charge is -2.28. The SMILES string of the molecule is CCCCCCCCCCCCCC(=O)N[C@@H](CCCC)C(=O)N[C@H]1CCC(=O)NCCCC[C@@H](C(N)=O)NC(=O)[C@H](Cc2c[nH]c3ccccc23)NC(=O)[C@H](CCCNC(=N)N)NC(=O)[C@@H](Cc2ccccc2)NC(=O)[C@H](Cc2cnc[nH]2)NC1=O. The maximum atomic E-state index is 14.9. The van der Waals surface area contributed by atoms with Crippen molar-refractivity contribution in [3.63, 3.8) is 0 Å². The fourth-order valence-corrected chi connectivity index (χ4v) is 10.6. The minimum absolute atomic E-state index is 0.0419.